The van der Waals surface area contributed by atoms with Gasteiger partial charge in [0.05, 0.1) is 13.1 Å². The van der Waals surface area contributed by atoms with Gasteiger partial charge in [-0.05, 0) is 31.5 Å². The molecule has 72 valence electrons. The maximum Gasteiger partial charge on any atom is 0.0917 e. The van der Waals surface area contributed by atoms with Crippen LogP contribution in [-0.2, 0) is 0 Å². The van der Waals surface area contributed by atoms with Crippen LogP contribution in [0, 0.1) is 6.92 Å². The van der Waals surface area contributed by atoms with E-state index in [2.05, 4.69) is 48.7 Å². The van der Waals surface area contributed by atoms with Crippen LogP contribution in [-0.4, -0.2) is 19.6 Å². The number of hydrogen-bond acceptors (Lipinski definition) is 1. The van der Waals surface area contributed by atoms with Crippen LogP contribution in [0.3, 0.4) is 0 Å². The Hall–Kier alpha value is -1.02. The lowest BCUT2D eigenvalue weighted by atomic mass is 10.2. The highest BCUT2D eigenvalue weighted by molar-refractivity contribution is 5.48. The van der Waals surface area contributed by atoms with Gasteiger partial charge in [0, 0.05) is 12.2 Å². The van der Waals surface area contributed by atoms with E-state index in [1.807, 2.05) is 0 Å². The molecule has 1 aromatic rings. The summed E-state index contributed by atoms with van der Waals surface area (Å²) in [6.45, 7) is 7.36. The van der Waals surface area contributed by atoms with Crippen LogP contribution in [0.4, 0.5) is 5.69 Å². The molecular weight excluding hydrogens is 160 g/mol. The Morgan fingerprint density at radius 2 is 2.15 bits per heavy atom. The lowest BCUT2D eigenvalue weighted by Crippen LogP contribution is -2.55. The van der Waals surface area contributed by atoms with Crippen molar-refractivity contribution in [3.8, 4) is 0 Å². The average Bonchev–Trinajstić information content (AvgIpc) is 2.14. The van der Waals surface area contributed by atoms with E-state index in [0.717, 1.165) is 19.6 Å². The molecule has 3 N–H and O–H groups in total. The standard InChI is InChI=1S/C11H18N2/c1-3-13(8-7-12)11-6-4-5-10(2)9-11/h4-6,9H,3,7-8,12H2,1-2H3/p+1. The molecule has 1 rings (SSSR count). The second-order valence-electron chi connectivity index (χ2n) is 3.27. The van der Waals surface area contributed by atoms with Gasteiger partial charge < -0.3 is 10.6 Å². The summed E-state index contributed by atoms with van der Waals surface area (Å²) < 4.78 is 0. The summed E-state index contributed by atoms with van der Waals surface area (Å²) in [6.07, 6.45) is 0. The normalized spacial score (nSPS) is 10.1. The monoisotopic (exact) mass is 179 g/mol. The van der Waals surface area contributed by atoms with Crippen molar-refractivity contribution < 1.29 is 5.73 Å². The van der Waals surface area contributed by atoms with Crippen LogP contribution in [0.2, 0.25) is 0 Å². The van der Waals surface area contributed by atoms with Crippen LogP contribution in [0.25, 0.3) is 0 Å². The Bertz CT molecular complexity index is 258. The van der Waals surface area contributed by atoms with Crippen LogP contribution in [0.5, 0.6) is 0 Å². The van der Waals surface area contributed by atoms with E-state index < -0.39 is 0 Å². The van der Waals surface area contributed by atoms with Crippen molar-refractivity contribution in [2.75, 3.05) is 24.5 Å². The molecule has 13 heavy (non-hydrogen) atoms. The third-order valence-corrected chi connectivity index (χ3v) is 2.18. The van der Waals surface area contributed by atoms with Crippen molar-refractivity contribution in [2.24, 2.45) is 0 Å². The molecule has 1 aromatic carbocycles. The first-order chi connectivity index (χ1) is 6.27. The van der Waals surface area contributed by atoms with E-state index in [4.69, 9.17) is 0 Å². The quantitative estimate of drug-likeness (QED) is 0.736. The summed E-state index contributed by atoms with van der Waals surface area (Å²) in [7, 11) is 0. The molecule has 2 heteroatoms. The maximum atomic E-state index is 3.88. The Kier molecular flexibility index (Phi) is 3.77. The molecule has 0 unspecified atom stereocenters. The van der Waals surface area contributed by atoms with Gasteiger partial charge in [0.25, 0.3) is 0 Å². The molecule has 0 fully saturated rings. The minimum absolute atomic E-state index is 0.960. The van der Waals surface area contributed by atoms with Crippen molar-refractivity contribution in [1.29, 1.82) is 0 Å². The second kappa shape index (κ2) is 4.87. The smallest absolute Gasteiger partial charge is 0.0917 e. The van der Waals surface area contributed by atoms with Gasteiger partial charge in [0.15, 0.2) is 0 Å². The fourth-order valence-corrected chi connectivity index (χ4v) is 1.49. The fourth-order valence-electron chi connectivity index (χ4n) is 1.49. The van der Waals surface area contributed by atoms with Gasteiger partial charge in [-0.25, -0.2) is 0 Å². The highest BCUT2D eigenvalue weighted by Crippen LogP contribution is 2.14. The van der Waals surface area contributed by atoms with Gasteiger partial charge in [0.1, 0.15) is 0 Å². The van der Waals surface area contributed by atoms with Crippen molar-refractivity contribution in [1.82, 2.24) is 0 Å². The maximum absolute atomic E-state index is 3.88. The fraction of sp³-hybridized carbons (Fsp3) is 0.455. The Morgan fingerprint density at radius 3 is 2.69 bits per heavy atom. The largest absolute Gasteiger partial charge is 0.366 e. The summed E-state index contributed by atoms with van der Waals surface area (Å²) in [5, 5.41) is 0. The number of quaternary nitrogens is 1. The summed E-state index contributed by atoms with van der Waals surface area (Å²) in [6, 6.07) is 8.61. The van der Waals surface area contributed by atoms with Gasteiger partial charge in [-0.1, -0.05) is 12.1 Å². The minimum atomic E-state index is 0.960. The lowest BCUT2D eigenvalue weighted by Gasteiger charge is -2.21. The second-order valence-corrected chi connectivity index (χ2v) is 3.27. The lowest BCUT2D eigenvalue weighted by molar-refractivity contribution is -0.363. The Morgan fingerprint density at radius 1 is 1.38 bits per heavy atom. The third-order valence-electron chi connectivity index (χ3n) is 2.18. The first kappa shape index (κ1) is 10.1. The number of hydrogen-bond donors (Lipinski definition) is 1. The van der Waals surface area contributed by atoms with Gasteiger partial charge in [-0.3, -0.25) is 0 Å². The number of likely N-dealkylation sites (N-methyl/N-ethyl adjacent to an activating group) is 1. The number of anilines is 1. The van der Waals surface area contributed by atoms with E-state index in [1.165, 1.54) is 11.3 Å². The van der Waals surface area contributed by atoms with Crippen LogP contribution in [0.15, 0.2) is 24.3 Å². The molecule has 0 spiro atoms. The molecule has 0 aliphatic carbocycles. The van der Waals surface area contributed by atoms with Gasteiger partial charge in [-0.2, -0.15) is 0 Å². The highest BCUT2D eigenvalue weighted by atomic mass is 15.1. The zero-order valence-corrected chi connectivity index (χ0v) is 8.59. The molecule has 0 saturated carbocycles. The molecule has 0 saturated heterocycles. The van der Waals surface area contributed by atoms with Crippen molar-refractivity contribution >= 4 is 5.69 Å². The number of benzene rings is 1. The van der Waals surface area contributed by atoms with E-state index >= 15 is 0 Å². The zero-order chi connectivity index (χ0) is 9.68. The van der Waals surface area contributed by atoms with Crippen LogP contribution < -0.4 is 10.6 Å². The molecule has 0 atom stereocenters. The molecule has 0 aromatic heterocycles. The highest BCUT2D eigenvalue weighted by Gasteiger charge is 2.02. The van der Waals surface area contributed by atoms with E-state index in [0.29, 0.717) is 0 Å². The van der Waals surface area contributed by atoms with Gasteiger partial charge in [-0.15, -0.1) is 0 Å². The minimum Gasteiger partial charge on any atom is -0.366 e. The summed E-state index contributed by atoms with van der Waals surface area (Å²) in [5.41, 5.74) is 6.51. The zero-order valence-electron chi connectivity index (χ0n) is 8.59. The molecule has 0 amide bonds. The molecular formula is C11H19N2+. The summed E-state index contributed by atoms with van der Waals surface area (Å²) in [5.74, 6) is 0. The molecule has 0 aliphatic heterocycles. The topological polar surface area (TPSA) is 30.9 Å². The van der Waals surface area contributed by atoms with Crippen molar-refractivity contribution in [2.45, 2.75) is 13.8 Å². The van der Waals surface area contributed by atoms with Gasteiger partial charge in [0.2, 0.25) is 0 Å². The molecule has 0 heterocycles. The predicted octanol–water partition coefficient (Wildman–Crippen LogP) is 1.06. The van der Waals surface area contributed by atoms with Crippen LogP contribution >= 0.6 is 0 Å². The predicted molar refractivity (Wildman–Crippen MR) is 56.8 cm³/mol. The van der Waals surface area contributed by atoms with Crippen molar-refractivity contribution in [3.05, 3.63) is 29.8 Å². The number of nitrogens with zero attached hydrogens (tertiary/aromatic N) is 1. The average molecular weight is 179 g/mol. The van der Waals surface area contributed by atoms with Crippen molar-refractivity contribution in [3.63, 3.8) is 0 Å². The summed E-state index contributed by atoms with van der Waals surface area (Å²) in [4.78, 5) is 2.35. The number of rotatable bonds is 4. The van der Waals surface area contributed by atoms with E-state index in [1.54, 1.807) is 0 Å². The first-order valence-electron chi connectivity index (χ1n) is 4.88. The molecule has 2 nitrogen and oxygen atoms in total. The SMILES string of the molecule is CCN(CC[NH3+])c1cccc(C)c1. The first-order valence-corrected chi connectivity index (χ1v) is 4.88. The summed E-state index contributed by atoms with van der Waals surface area (Å²) >= 11 is 0. The van der Waals surface area contributed by atoms with Crippen LogP contribution in [0.1, 0.15) is 12.5 Å². The Balaban J connectivity index is 2.78. The molecule has 0 aliphatic rings. The van der Waals surface area contributed by atoms with E-state index in [-0.39, 0.29) is 0 Å². The molecule has 0 bridgehead atoms. The Labute approximate surface area is 80.4 Å². The van der Waals surface area contributed by atoms with E-state index in [9.17, 15) is 0 Å². The number of aryl methyl sites for hydroxylation is 1. The third kappa shape index (κ3) is 2.74. The molecule has 0 radical (unpaired) electrons. The van der Waals surface area contributed by atoms with Gasteiger partial charge >= 0.3 is 0 Å².